The largest absolute Gasteiger partial charge is 0.383 e. The van der Waals surface area contributed by atoms with Crippen LogP contribution >= 0.6 is 0 Å². The van der Waals surface area contributed by atoms with E-state index in [1.54, 1.807) is 14.0 Å². The van der Waals surface area contributed by atoms with Crippen LogP contribution in [0.5, 0.6) is 0 Å². The number of methoxy groups -OCH3 is 1. The average Bonchev–Trinajstić information content (AvgIpc) is 2.26. The molecule has 0 bridgehead atoms. The summed E-state index contributed by atoms with van der Waals surface area (Å²) in [5.74, 6) is 0.0666. The van der Waals surface area contributed by atoms with Gasteiger partial charge in [0, 0.05) is 7.11 Å². The second-order valence-corrected chi connectivity index (χ2v) is 4.58. The Bertz CT molecular complexity index is 271. The van der Waals surface area contributed by atoms with Gasteiger partial charge in [-0.2, -0.15) is 5.26 Å². The van der Waals surface area contributed by atoms with Gasteiger partial charge in [0.05, 0.1) is 18.7 Å². The number of nitrogens with zero attached hydrogens (tertiary/aromatic N) is 1. The van der Waals surface area contributed by atoms with E-state index in [9.17, 15) is 4.79 Å². The molecule has 2 unspecified atom stereocenters. The number of amides is 1. The van der Waals surface area contributed by atoms with Gasteiger partial charge in [0.2, 0.25) is 5.91 Å². The Morgan fingerprint density at radius 3 is 2.44 bits per heavy atom. The minimum absolute atomic E-state index is 0.0447. The summed E-state index contributed by atoms with van der Waals surface area (Å²) in [5.41, 5.74) is -0.944. The molecule has 0 fully saturated rings. The fourth-order valence-corrected chi connectivity index (χ4v) is 1.20. The first-order chi connectivity index (χ1) is 7.41. The Hall–Kier alpha value is -1.08. The molecule has 1 amide bonds. The number of carbonyl (C=O) groups excluding carboxylic acids is 1. The maximum absolute atomic E-state index is 11.9. The van der Waals surface area contributed by atoms with Gasteiger partial charge in [-0.15, -0.1) is 0 Å². The Morgan fingerprint density at radius 2 is 2.12 bits per heavy atom. The number of nitriles is 1. The Labute approximate surface area is 98.0 Å². The third-order valence-corrected chi connectivity index (χ3v) is 2.92. The molecule has 1 N–H and O–H groups in total. The topological polar surface area (TPSA) is 62.1 Å². The highest BCUT2D eigenvalue weighted by molar-refractivity contribution is 5.85. The normalized spacial score (nSPS) is 16.3. The second kappa shape index (κ2) is 6.49. The van der Waals surface area contributed by atoms with Crippen LogP contribution in [0, 0.1) is 22.7 Å². The van der Waals surface area contributed by atoms with Crippen molar-refractivity contribution in [3.8, 4) is 6.07 Å². The minimum atomic E-state index is -0.944. The molecule has 4 nitrogen and oxygen atoms in total. The van der Waals surface area contributed by atoms with Crippen molar-refractivity contribution in [2.75, 3.05) is 13.7 Å². The molecular formula is C12H22N2O2. The first-order valence-corrected chi connectivity index (χ1v) is 5.62. The molecule has 16 heavy (non-hydrogen) atoms. The van der Waals surface area contributed by atoms with Gasteiger partial charge in [-0.1, -0.05) is 20.8 Å². The van der Waals surface area contributed by atoms with E-state index in [0.29, 0.717) is 13.0 Å². The van der Waals surface area contributed by atoms with Crippen molar-refractivity contribution in [3.63, 3.8) is 0 Å². The molecule has 4 heteroatoms. The van der Waals surface area contributed by atoms with Crippen LogP contribution in [0.3, 0.4) is 0 Å². The van der Waals surface area contributed by atoms with Gasteiger partial charge in [-0.25, -0.2) is 0 Å². The number of rotatable bonds is 6. The van der Waals surface area contributed by atoms with Crippen LogP contribution in [-0.4, -0.2) is 25.7 Å². The molecule has 0 aliphatic carbocycles. The highest BCUT2D eigenvalue weighted by atomic mass is 16.5. The van der Waals surface area contributed by atoms with Gasteiger partial charge in [0.25, 0.3) is 0 Å². The van der Waals surface area contributed by atoms with Crippen LogP contribution in [0.1, 0.15) is 34.1 Å². The van der Waals surface area contributed by atoms with E-state index in [2.05, 4.69) is 11.4 Å². The summed E-state index contributed by atoms with van der Waals surface area (Å²) < 4.78 is 5.05. The van der Waals surface area contributed by atoms with E-state index in [4.69, 9.17) is 10.00 Å². The zero-order chi connectivity index (χ0) is 12.8. The lowest BCUT2D eigenvalue weighted by Gasteiger charge is -2.26. The van der Waals surface area contributed by atoms with Gasteiger partial charge in [0.1, 0.15) is 5.41 Å². The summed E-state index contributed by atoms with van der Waals surface area (Å²) in [6, 6.07) is 2.02. The molecule has 0 heterocycles. The number of ether oxygens (including phenoxy) is 1. The maximum atomic E-state index is 11.9. The molecule has 0 radical (unpaired) electrons. The zero-order valence-electron chi connectivity index (χ0n) is 10.8. The maximum Gasteiger partial charge on any atom is 0.240 e. The van der Waals surface area contributed by atoms with Gasteiger partial charge in [0.15, 0.2) is 0 Å². The summed E-state index contributed by atoms with van der Waals surface area (Å²) in [5, 5.41) is 11.9. The van der Waals surface area contributed by atoms with Gasteiger partial charge < -0.3 is 10.1 Å². The van der Waals surface area contributed by atoms with E-state index in [0.717, 1.165) is 0 Å². The third kappa shape index (κ3) is 3.82. The van der Waals surface area contributed by atoms with Crippen LogP contribution in [0.25, 0.3) is 0 Å². The third-order valence-electron chi connectivity index (χ3n) is 2.92. The Balaban J connectivity index is 4.58. The van der Waals surface area contributed by atoms with Crippen molar-refractivity contribution in [2.45, 2.75) is 40.2 Å². The fraction of sp³-hybridized carbons (Fsp3) is 0.833. The van der Waals surface area contributed by atoms with Gasteiger partial charge in [-0.3, -0.25) is 4.79 Å². The quantitative estimate of drug-likeness (QED) is 0.750. The number of nitrogens with one attached hydrogen (secondary N) is 1. The van der Waals surface area contributed by atoms with Crippen LogP contribution in [0.2, 0.25) is 0 Å². The van der Waals surface area contributed by atoms with Gasteiger partial charge in [-0.05, 0) is 19.3 Å². The second-order valence-electron chi connectivity index (χ2n) is 4.58. The van der Waals surface area contributed by atoms with E-state index >= 15 is 0 Å². The minimum Gasteiger partial charge on any atom is -0.383 e. The number of hydrogen-bond acceptors (Lipinski definition) is 3. The number of hydrogen-bond donors (Lipinski definition) is 1. The fourth-order valence-electron chi connectivity index (χ4n) is 1.20. The van der Waals surface area contributed by atoms with Crippen LogP contribution in [-0.2, 0) is 9.53 Å². The molecule has 2 atom stereocenters. The average molecular weight is 226 g/mol. The molecule has 0 aromatic heterocycles. The predicted molar refractivity (Wildman–Crippen MR) is 62.7 cm³/mol. The molecule has 92 valence electrons. The monoisotopic (exact) mass is 226 g/mol. The van der Waals surface area contributed by atoms with Crippen molar-refractivity contribution >= 4 is 5.91 Å². The first-order valence-electron chi connectivity index (χ1n) is 5.62. The van der Waals surface area contributed by atoms with Crippen molar-refractivity contribution in [2.24, 2.45) is 11.3 Å². The molecule has 0 aromatic rings. The molecule has 0 spiro atoms. The first kappa shape index (κ1) is 14.9. The molecule has 0 aliphatic rings. The van der Waals surface area contributed by atoms with E-state index in [1.165, 1.54) is 0 Å². The molecule has 0 aromatic carbocycles. The highest BCUT2D eigenvalue weighted by Crippen LogP contribution is 2.20. The van der Waals surface area contributed by atoms with Crippen molar-refractivity contribution < 1.29 is 9.53 Å². The lowest BCUT2D eigenvalue weighted by atomic mass is 9.87. The van der Waals surface area contributed by atoms with Crippen molar-refractivity contribution in [1.29, 1.82) is 5.26 Å². The lowest BCUT2D eigenvalue weighted by Crippen LogP contribution is -2.47. The Kier molecular flexibility index (Phi) is 6.05. The van der Waals surface area contributed by atoms with Crippen LogP contribution < -0.4 is 5.32 Å². The summed E-state index contributed by atoms with van der Waals surface area (Å²) in [7, 11) is 1.60. The van der Waals surface area contributed by atoms with Crippen LogP contribution in [0.4, 0.5) is 0 Å². The van der Waals surface area contributed by atoms with Crippen LogP contribution in [0.15, 0.2) is 0 Å². The lowest BCUT2D eigenvalue weighted by molar-refractivity contribution is -0.129. The predicted octanol–water partition coefficient (Wildman–Crippen LogP) is 1.71. The summed E-state index contributed by atoms with van der Waals surface area (Å²) in [6.07, 6.45) is 0.507. The summed E-state index contributed by atoms with van der Waals surface area (Å²) in [6.45, 7) is 7.99. The molecule has 0 rings (SSSR count). The van der Waals surface area contributed by atoms with Crippen molar-refractivity contribution in [3.05, 3.63) is 0 Å². The standard InChI is InChI=1S/C12H22N2O2/c1-6-12(4,8-13)11(15)14-10(7-16-5)9(2)3/h9-10H,6-7H2,1-5H3,(H,14,15). The van der Waals surface area contributed by atoms with E-state index in [1.807, 2.05) is 20.8 Å². The molecule has 0 saturated heterocycles. The Morgan fingerprint density at radius 1 is 1.56 bits per heavy atom. The van der Waals surface area contributed by atoms with E-state index < -0.39 is 5.41 Å². The number of carbonyl (C=O) groups is 1. The van der Waals surface area contributed by atoms with Crippen molar-refractivity contribution in [1.82, 2.24) is 5.32 Å². The highest BCUT2D eigenvalue weighted by Gasteiger charge is 2.33. The summed E-state index contributed by atoms with van der Waals surface area (Å²) in [4.78, 5) is 11.9. The molecule has 0 saturated carbocycles. The molecular weight excluding hydrogens is 204 g/mol. The zero-order valence-corrected chi connectivity index (χ0v) is 10.8. The SMILES string of the molecule is CCC(C)(C#N)C(=O)NC(COC)C(C)C. The van der Waals surface area contributed by atoms with E-state index in [-0.39, 0.29) is 17.9 Å². The summed E-state index contributed by atoms with van der Waals surface area (Å²) >= 11 is 0. The smallest absolute Gasteiger partial charge is 0.240 e. The van der Waals surface area contributed by atoms with Gasteiger partial charge >= 0.3 is 0 Å². The molecule has 0 aliphatic heterocycles.